The second kappa shape index (κ2) is 6.60. The van der Waals surface area contributed by atoms with Crippen molar-refractivity contribution < 1.29 is 10.0 Å². The molecule has 0 radical (unpaired) electrons. The molecule has 2 aromatic carbocycles. The van der Waals surface area contributed by atoms with E-state index in [4.69, 9.17) is 22.5 Å². The van der Waals surface area contributed by atoms with Gasteiger partial charge in [0.15, 0.2) is 5.84 Å². The number of carbonyl (C=O) groups excluding carboxylic acids is 1. The van der Waals surface area contributed by atoms with Crippen LogP contribution in [0.3, 0.4) is 0 Å². The Morgan fingerprint density at radius 3 is 2.67 bits per heavy atom. The van der Waals surface area contributed by atoms with Crippen molar-refractivity contribution in [3.63, 3.8) is 0 Å². The third kappa shape index (κ3) is 3.53. The maximum absolute atomic E-state index is 12.2. The molecular formula is C14H11BrClN3O2. The first-order valence-electron chi connectivity index (χ1n) is 5.86. The highest BCUT2D eigenvalue weighted by molar-refractivity contribution is 9.10. The van der Waals surface area contributed by atoms with Gasteiger partial charge in [-0.3, -0.25) is 4.79 Å². The Hall–Kier alpha value is -2.05. The van der Waals surface area contributed by atoms with Gasteiger partial charge in [0.05, 0.1) is 16.3 Å². The molecule has 0 unspecified atom stereocenters. The molecule has 0 fully saturated rings. The molecule has 0 saturated carbocycles. The molecule has 0 aliphatic rings. The molecule has 0 heterocycles. The van der Waals surface area contributed by atoms with E-state index >= 15 is 0 Å². The quantitative estimate of drug-likeness (QED) is 0.335. The molecule has 21 heavy (non-hydrogen) atoms. The van der Waals surface area contributed by atoms with Crippen LogP contribution in [0.2, 0.25) is 5.02 Å². The maximum atomic E-state index is 12.2. The topological polar surface area (TPSA) is 87.7 Å². The Bertz CT molecular complexity index is 719. The van der Waals surface area contributed by atoms with Crippen LogP contribution in [0, 0.1) is 0 Å². The third-order valence-corrected chi connectivity index (χ3v) is 3.76. The molecule has 0 spiro atoms. The second-order valence-corrected chi connectivity index (χ2v) is 5.38. The Kier molecular flexibility index (Phi) is 4.82. The Morgan fingerprint density at radius 1 is 1.29 bits per heavy atom. The van der Waals surface area contributed by atoms with Gasteiger partial charge in [-0.15, -0.1) is 0 Å². The van der Waals surface area contributed by atoms with Crippen molar-refractivity contribution in [2.45, 2.75) is 0 Å². The van der Waals surface area contributed by atoms with E-state index in [-0.39, 0.29) is 11.7 Å². The number of benzene rings is 2. The summed E-state index contributed by atoms with van der Waals surface area (Å²) in [7, 11) is 0. The van der Waals surface area contributed by atoms with E-state index < -0.39 is 0 Å². The summed E-state index contributed by atoms with van der Waals surface area (Å²) < 4.78 is 0.672. The smallest absolute Gasteiger partial charge is 0.256 e. The molecule has 0 bridgehead atoms. The van der Waals surface area contributed by atoms with E-state index in [9.17, 15) is 4.79 Å². The number of halogens is 2. The summed E-state index contributed by atoms with van der Waals surface area (Å²) in [6.45, 7) is 0. The molecule has 0 atom stereocenters. The van der Waals surface area contributed by atoms with Crippen molar-refractivity contribution >= 4 is 45.0 Å². The fourth-order valence-electron chi connectivity index (χ4n) is 1.67. The number of hydrogen-bond donors (Lipinski definition) is 3. The van der Waals surface area contributed by atoms with Gasteiger partial charge in [-0.05, 0) is 46.3 Å². The van der Waals surface area contributed by atoms with Crippen molar-refractivity contribution in [3.05, 3.63) is 63.1 Å². The van der Waals surface area contributed by atoms with E-state index in [0.717, 1.165) is 0 Å². The minimum Gasteiger partial charge on any atom is -0.409 e. The normalized spacial score (nSPS) is 11.2. The van der Waals surface area contributed by atoms with Crippen LogP contribution in [-0.2, 0) is 0 Å². The standard InChI is InChI=1S/C14H11BrClN3O2/c15-10-4-2-1-3-9(10)14(20)18-12-7-8(13(17)19-21)5-6-11(12)16/h1-7,21H,(H2,17,19)(H,18,20). The van der Waals surface area contributed by atoms with Gasteiger partial charge < -0.3 is 16.3 Å². The van der Waals surface area contributed by atoms with Crippen LogP contribution in [0.4, 0.5) is 5.69 Å². The van der Waals surface area contributed by atoms with Crippen LogP contribution in [-0.4, -0.2) is 17.0 Å². The molecule has 0 saturated heterocycles. The number of rotatable bonds is 3. The number of amidine groups is 1. The minimum atomic E-state index is -0.318. The molecule has 2 aromatic rings. The number of hydrogen-bond acceptors (Lipinski definition) is 3. The van der Waals surface area contributed by atoms with Gasteiger partial charge in [0.25, 0.3) is 5.91 Å². The number of anilines is 1. The van der Waals surface area contributed by atoms with E-state index in [1.807, 2.05) is 6.07 Å². The lowest BCUT2D eigenvalue weighted by atomic mass is 10.1. The van der Waals surface area contributed by atoms with Crippen molar-refractivity contribution in [1.29, 1.82) is 0 Å². The summed E-state index contributed by atoms with van der Waals surface area (Å²) in [6.07, 6.45) is 0. The van der Waals surface area contributed by atoms with Gasteiger partial charge in [-0.25, -0.2) is 0 Å². The third-order valence-electron chi connectivity index (χ3n) is 2.74. The van der Waals surface area contributed by atoms with Gasteiger partial charge >= 0.3 is 0 Å². The maximum Gasteiger partial charge on any atom is 0.256 e. The van der Waals surface area contributed by atoms with E-state index in [0.29, 0.717) is 26.3 Å². The van der Waals surface area contributed by atoms with Crippen LogP contribution < -0.4 is 11.1 Å². The molecule has 108 valence electrons. The predicted octanol–water partition coefficient (Wildman–Crippen LogP) is 3.45. The molecule has 0 aliphatic heterocycles. The Morgan fingerprint density at radius 2 is 2.00 bits per heavy atom. The van der Waals surface area contributed by atoms with Crippen molar-refractivity contribution in [2.24, 2.45) is 10.9 Å². The highest BCUT2D eigenvalue weighted by Gasteiger charge is 2.12. The Labute approximate surface area is 134 Å². The number of nitrogens with one attached hydrogen (secondary N) is 1. The highest BCUT2D eigenvalue weighted by atomic mass is 79.9. The summed E-state index contributed by atoms with van der Waals surface area (Å²) in [4.78, 5) is 12.2. The first-order chi connectivity index (χ1) is 10.0. The largest absolute Gasteiger partial charge is 0.409 e. The molecule has 4 N–H and O–H groups in total. The molecule has 1 amide bonds. The lowest BCUT2D eigenvalue weighted by molar-refractivity contribution is 0.102. The summed E-state index contributed by atoms with van der Waals surface area (Å²) in [6, 6.07) is 11.7. The number of nitrogens with zero attached hydrogens (tertiary/aromatic N) is 1. The predicted molar refractivity (Wildman–Crippen MR) is 86.1 cm³/mol. The van der Waals surface area contributed by atoms with Gasteiger partial charge in [-0.2, -0.15) is 0 Å². The van der Waals surface area contributed by atoms with Crippen LogP contribution in [0.15, 0.2) is 52.1 Å². The van der Waals surface area contributed by atoms with Gasteiger partial charge in [0.2, 0.25) is 0 Å². The van der Waals surface area contributed by atoms with Gasteiger partial charge in [-0.1, -0.05) is 28.9 Å². The minimum absolute atomic E-state index is 0.0666. The first-order valence-corrected chi connectivity index (χ1v) is 7.03. The molecule has 2 rings (SSSR count). The Balaban J connectivity index is 2.31. The molecule has 5 nitrogen and oxygen atoms in total. The highest BCUT2D eigenvalue weighted by Crippen LogP contribution is 2.25. The van der Waals surface area contributed by atoms with E-state index in [1.165, 1.54) is 6.07 Å². The summed E-state index contributed by atoms with van der Waals surface area (Å²) >= 11 is 9.36. The van der Waals surface area contributed by atoms with Crippen LogP contribution in [0.25, 0.3) is 0 Å². The lowest BCUT2D eigenvalue weighted by Gasteiger charge is -2.10. The molecule has 0 aromatic heterocycles. The first kappa shape index (κ1) is 15.3. The number of nitrogens with two attached hydrogens (primary N) is 1. The lowest BCUT2D eigenvalue weighted by Crippen LogP contribution is -2.16. The van der Waals surface area contributed by atoms with Crippen molar-refractivity contribution in [3.8, 4) is 0 Å². The number of carbonyl (C=O) groups is 1. The second-order valence-electron chi connectivity index (χ2n) is 4.11. The van der Waals surface area contributed by atoms with Crippen LogP contribution in [0.1, 0.15) is 15.9 Å². The average Bonchev–Trinajstić information content (AvgIpc) is 2.49. The molecule has 0 aliphatic carbocycles. The monoisotopic (exact) mass is 367 g/mol. The van der Waals surface area contributed by atoms with Gasteiger partial charge in [0.1, 0.15) is 0 Å². The zero-order valence-electron chi connectivity index (χ0n) is 10.7. The average molecular weight is 369 g/mol. The summed E-state index contributed by atoms with van der Waals surface area (Å²) in [5.74, 6) is -0.385. The fraction of sp³-hybridized carbons (Fsp3) is 0. The van der Waals surface area contributed by atoms with Crippen LogP contribution in [0.5, 0.6) is 0 Å². The molecule has 7 heteroatoms. The van der Waals surface area contributed by atoms with E-state index in [2.05, 4.69) is 26.4 Å². The van der Waals surface area contributed by atoms with Crippen LogP contribution >= 0.6 is 27.5 Å². The zero-order chi connectivity index (χ0) is 15.4. The molecular weight excluding hydrogens is 358 g/mol. The van der Waals surface area contributed by atoms with Gasteiger partial charge in [0, 0.05) is 10.0 Å². The van der Waals surface area contributed by atoms with E-state index in [1.54, 1.807) is 30.3 Å². The summed E-state index contributed by atoms with van der Waals surface area (Å²) in [5, 5.41) is 14.6. The van der Waals surface area contributed by atoms with Crippen molar-refractivity contribution in [2.75, 3.05) is 5.32 Å². The number of amides is 1. The number of oxime groups is 1. The zero-order valence-corrected chi connectivity index (χ0v) is 13.0. The van der Waals surface area contributed by atoms with Crippen molar-refractivity contribution in [1.82, 2.24) is 0 Å². The SMILES string of the molecule is N/C(=N/O)c1ccc(Cl)c(NC(=O)c2ccccc2Br)c1. The fourth-order valence-corrected chi connectivity index (χ4v) is 2.30. The summed E-state index contributed by atoms with van der Waals surface area (Å²) in [5.41, 5.74) is 6.82.